The van der Waals surface area contributed by atoms with Crippen molar-refractivity contribution in [3.63, 3.8) is 0 Å². The van der Waals surface area contributed by atoms with Gasteiger partial charge in [0.25, 0.3) is 0 Å². The van der Waals surface area contributed by atoms with E-state index < -0.39 is 0 Å². The summed E-state index contributed by atoms with van der Waals surface area (Å²) in [7, 11) is 0. The van der Waals surface area contributed by atoms with Gasteiger partial charge < -0.3 is 4.90 Å². The Hall–Kier alpha value is -1.35. The van der Waals surface area contributed by atoms with Crippen LogP contribution in [-0.4, -0.2) is 29.4 Å². The monoisotopic (exact) mass is 173 g/mol. The van der Waals surface area contributed by atoms with Crippen molar-refractivity contribution in [3.05, 3.63) is 36.7 Å². The summed E-state index contributed by atoms with van der Waals surface area (Å²) in [4.78, 5) is 6.41. The van der Waals surface area contributed by atoms with Crippen LogP contribution in [-0.2, 0) is 0 Å². The predicted octanol–water partition coefficient (Wildman–Crippen LogP) is 0.636. The number of allylic oxidation sites excluding steroid dienone is 2. The number of rotatable bonds is 0. The largest absolute Gasteiger partial charge is 0.347 e. The van der Waals surface area contributed by atoms with Crippen molar-refractivity contribution in [2.75, 3.05) is 0 Å². The van der Waals surface area contributed by atoms with Crippen molar-refractivity contribution in [1.82, 2.24) is 10.2 Å². The summed E-state index contributed by atoms with van der Waals surface area (Å²) >= 11 is 0. The van der Waals surface area contributed by atoms with Crippen LogP contribution in [0.2, 0.25) is 0 Å². The first-order valence-corrected chi connectivity index (χ1v) is 4.54. The fourth-order valence-corrected chi connectivity index (χ4v) is 2.06. The van der Waals surface area contributed by atoms with E-state index in [1.165, 1.54) is 0 Å². The van der Waals surface area contributed by atoms with Gasteiger partial charge in [-0.15, -0.1) is 0 Å². The molecule has 3 heteroatoms. The first-order valence-electron chi connectivity index (χ1n) is 4.54. The fraction of sp³-hybridized carbons (Fsp3) is 0.300. The third kappa shape index (κ3) is 0.971. The summed E-state index contributed by atoms with van der Waals surface area (Å²) in [6.07, 6.45) is 14.7. The molecule has 0 saturated carbocycles. The highest BCUT2D eigenvalue weighted by Gasteiger charge is 2.36. The molecule has 3 rings (SSSR count). The van der Waals surface area contributed by atoms with Crippen molar-refractivity contribution in [1.29, 1.82) is 0 Å². The van der Waals surface area contributed by atoms with Crippen LogP contribution in [0.25, 0.3) is 0 Å². The van der Waals surface area contributed by atoms with E-state index in [1.807, 2.05) is 18.6 Å². The smallest absolute Gasteiger partial charge is 0.117 e. The van der Waals surface area contributed by atoms with Crippen LogP contribution in [0.1, 0.15) is 0 Å². The minimum Gasteiger partial charge on any atom is -0.347 e. The molecule has 0 spiro atoms. The Balaban J connectivity index is 1.95. The molecule has 3 nitrogen and oxygen atoms in total. The zero-order valence-corrected chi connectivity index (χ0v) is 7.17. The van der Waals surface area contributed by atoms with Gasteiger partial charge in [0.15, 0.2) is 0 Å². The molecule has 1 N–H and O–H groups in total. The number of hydrogen-bond donors (Lipinski definition) is 1. The van der Waals surface area contributed by atoms with E-state index in [-0.39, 0.29) is 6.17 Å². The highest BCUT2D eigenvalue weighted by Crippen LogP contribution is 2.23. The van der Waals surface area contributed by atoms with Gasteiger partial charge in [0.1, 0.15) is 6.17 Å². The molecule has 3 aliphatic rings. The lowest BCUT2D eigenvalue weighted by Gasteiger charge is -2.26. The molecular formula is C10H11N3. The van der Waals surface area contributed by atoms with E-state index in [0.717, 1.165) is 0 Å². The second-order valence-electron chi connectivity index (χ2n) is 3.44. The summed E-state index contributed by atoms with van der Waals surface area (Å²) in [6, 6.07) is 0.891. The maximum atomic E-state index is 4.12. The Morgan fingerprint density at radius 2 is 2.15 bits per heavy atom. The minimum atomic E-state index is 0.271. The molecule has 0 radical (unpaired) electrons. The number of hydrogen-bond acceptors (Lipinski definition) is 3. The number of nitrogens with zero attached hydrogens (tertiary/aromatic N) is 2. The van der Waals surface area contributed by atoms with Gasteiger partial charge in [0.2, 0.25) is 0 Å². The maximum Gasteiger partial charge on any atom is 0.117 e. The van der Waals surface area contributed by atoms with Crippen LogP contribution < -0.4 is 5.32 Å². The molecule has 3 unspecified atom stereocenters. The second kappa shape index (κ2) is 2.57. The van der Waals surface area contributed by atoms with Crippen molar-refractivity contribution in [2.45, 2.75) is 18.2 Å². The van der Waals surface area contributed by atoms with Crippen molar-refractivity contribution >= 4 is 6.21 Å². The standard InChI is InChI=1S/C10H11N3/c1-2-4-9-8(3-1)12-10-7-11-5-6-13(9)10/h1-10,12H. The molecule has 0 aromatic heterocycles. The predicted molar refractivity (Wildman–Crippen MR) is 52.3 cm³/mol. The molecular weight excluding hydrogens is 162 g/mol. The first kappa shape index (κ1) is 7.09. The minimum absolute atomic E-state index is 0.271. The zero-order valence-electron chi connectivity index (χ0n) is 7.17. The normalized spacial score (nSPS) is 39.4. The lowest BCUT2D eigenvalue weighted by molar-refractivity contribution is 0.354. The van der Waals surface area contributed by atoms with Gasteiger partial charge in [0.05, 0.1) is 12.1 Å². The number of fused-ring (bicyclic) bond motifs is 3. The Kier molecular flexibility index (Phi) is 1.40. The van der Waals surface area contributed by atoms with E-state index in [1.54, 1.807) is 0 Å². The maximum absolute atomic E-state index is 4.12. The highest BCUT2D eigenvalue weighted by molar-refractivity contribution is 5.67. The van der Waals surface area contributed by atoms with E-state index in [9.17, 15) is 0 Å². The van der Waals surface area contributed by atoms with E-state index in [2.05, 4.69) is 39.5 Å². The molecule has 1 aliphatic carbocycles. The lowest BCUT2D eigenvalue weighted by Crippen LogP contribution is -2.36. The molecule has 13 heavy (non-hydrogen) atoms. The topological polar surface area (TPSA) is 27.6 Å². The van der Waals surface area contributed by atoms with E-state index in [0.29, 0.717) is 12.1 Å². The summed E-state index contributed by atoms with van der Waals surface area (Å²) in [5.74, 6) is 0. The number of nitrogens with one attached hydrogen (secondary N) is 1. The summed E-state index contributed by atoms with van der Waals surface area (Å²) in [6.45, 7) is 0. The molecule has 1 fully saturated rings. The van der Waals surface area contributed by atoms with Crippen molar-refractivity contribution in [2.24, 2.45) is 4.99 Å². The van der Waals surface area contributed by atoms with Gasteiger partial charge in [-0.2, -0.15) is 0 Å². The zero-order chi connectivity index (χ0) is 8.67. The van der Waals surface area contributed by atoms with Gasteiger partial charge in [-0.05, 0) is 0 Å². The molecule has 1 saturated heterocycles. The van der Waals surface area contributed by atoms with Crippen molar-refractivity contribution < 1.29 is 0 Å². The van der Waals surface area contributed by atoms with Gasteiger partial charge in [-0.3, -0.25) is 10.3 Å². The molecule has 0 aromatic carbocycles. The molecule has 0 amide bonds. The fourth-order valence-electron chi connectivity index (χ4n) is 2.06. The number of aliphatic imine (C=N–C) groups is 1. The second-order valence-corrected chi connectivity index (χ2v) is 3.44. The molecule has 2 aliphatic heterocycles. The first-order chi connectivity index (χ1) is 6.45. The molecule has 3 atom stereocenters. The van der Waals surface area contributed by atoms with Crippen LogP contribution >= 0.6 is 0 Å². The van der Waals surface area contributed by atoms with E-state index >= 15 is 0 Å². The Morgan fingerprint density at radius 1 is 1.23 bits per heavy atom. The Morgan fingerprint density at radius 3 is 3.15 bits per heavy atom. The average molecular weight is 173 g/mol. The molecule has 66 valence electrons. The highest BCUT2D eigenvalue weighted by atomic mass is 15.4. The molecule has 0 aromatic rings. The van der Waals surface area contributed by atoms with Gasteiger partial charge in [-0.25, -0.2) is 0 Å². The molecule has 2 heterocycles. The lowest BCUT2D eigenvalue weighted by atomic mass is 10.0. The van der Waals surface area contributed by atoms with E-state index in [4.69, 9.17) is 0 Å². The summed E-state index contributed by atoms with van der Waals surface area (Å²) in [5.41, 5.74) is 0. The quantitative estimate of drug-likeness (QED) is 0.582. The summed E-state index contributed by atoms with van der Waals surface area (Å²) < 4.78 is 0. The van der Waals surface area contributed by atoms with Gasteiger partial charge in [0, 0.05) is 18.6 Å². The summed E-state index contributed by atoms with van der Waals surface area (Å²) in [5, 5.41) is 3.48. The van der Waals surface area contributed by atoms with Crippen LogP contribution in [0.15, 0.2) is 41.7 Å². The molecule has 0 bridgehead atoms. The Labute approximate surface area is 77.1 Å². The van der Waals surface area contributed by atoms with Gasteiger partial charge in [-0.1, -0.05) is 24.3 Å². The van der Waals surface area contributed by atoms with Gasteiger partial charge >= 0.3 is 0 Å². The van der Waals surface area contributed by atoms with Crippen LogP contribution in [0, 0.1) is 0 Å². The van der Waals surface area contributed by atoms with Crippen LogP contribution in [0.3, 0.4) is 0 Å². The van der Waals surface area contributed by atoms with Crippen LogP contribution in [0.4, 0.5) is 0 Å². The third-order valence-corrected chi connectivity index (χ3v) is 2.69. The van der Waals surface area contributed by atoms with Crippen LogP contribution in [0.5, 0.6) is 0 Å². The Bertz CT molecular complexity index is 295. The van der Waals surface area contributed by atoms with Crippen molar-refractivity contribution in [3.8, 4) is 0 Å². The third-order valence-electron chi connectivity index (χ3n) is 2.69. The average Bonchev–Trinajstić information content (AvgIpc) is 2.56. The SMILES string of the molecule is C1=CC2NC3C=NC=CN3C2C=C1.